The van der Waals surface area contributed by atoms with E-state index in [0.29, 0.717) is 19.3 Å². The normalized spacial score (nSPS) is 50.5. The van der Waals surface area contributed by atoms with Crippen molar-refractivity contribution in [3.8, 4) is 0 Å². The van der Waals surface area contributed by atoms with Crippen molar-refractivity contribution in [2.24, 2.45) is 16.7 Å². The first kappa shape index (κ1) is 17.9. The average molecular weight is 338 g/mol. The molecule has 5 heteroatoms. The second kappa shape index (κ2) is 5.55. The SMILES string of the molecule is C/C=C/C(=O)OC1CC2OC2C(O)C2(C)CCC(O)(C(C)C)C12C. The van der Waals surface area contributed by atoms with E-state index in [4.69, 9.17) is 9.47 Å². The van der Waals surface area contributed by atoms with E-state index in [1.54, 1.807) is 13.0 Å². The van der Waals surface area contributed by atoms with Gasteiger partial charge in [-0.1, -0.05) is 33.8 Å². The van der Waals surface area contributed by atoms with Crippen LogP contribution in [0.2, 0.25) is 0 Å². The Kier molecular flexibility index (Phi) is 4.14. The van der Waals surface area contributed by atoms with Gasteiger partial charge in [-0.2, -0.15) is 0 Å². The van der Waals surface area contributed by atoms with Crippen LogP contribution >= 0.6 is 0 Å². The maximum absolute atomic E-state index is 12.1. The topological polar surface area (TPSA) is 79.3 Å². The zero-order chi connectivity index (χ0) is 17.9. The molecule has 0 aromatic rings. The first-order valence-electron chi connectivity index (χ1n) is 9.01. The van der Waals surface area contributed by atoms with Crippen molar-refractivity contribution in [3.05, 3.63) is 12.2 Å². The van der Waals surface area contributed by atoms with E-state index >= 15 is 0 Å². The number of esters is 1. The van der Waals surface area contributed by atoms with Crippen LogP contribution in [0.5, 0.6) is 0 Å². The fraction of sp³-hybridized carbons (Fsp3) is 0.842. The molecular formula is C19H30O5. The van der Waals surface area contributed by atoms with Gasteiger partial charge < -0.3 is 19.7 Å². The van der Waals surface area contributed by atoms with Gasteiger partial charge in [0.1, 0.15) is 12.2 Å². The molecule has 1 heterocycles. The molecule has 2 saturated carbocycles. The van der Waals surface area contributed by atoms with Gasteiger partial charge in [-0.3, -0.25) is 0 Å². The van der Waals surface area contributed by atoms with E-state index in [-0.39, 0.29) is 18.1 Å². The third-order valence-corrected chi connectivity index (χ3v) is 7.30. The smallest absolute Gasteiger partial charge is 0.330 e. The Morgan fingerprint density at radius 2 is 2.00 bits per heavy atom. The molecule has 0 amide bonds. The van der Waals surface area contributed by atoms with Gasteiger partial charge in [-0.05, 0) is 25.7 Å². The number of hydrogen-bond acceptors (Lipinski definition) is 5. The molecule has 0 bridgehead atoms. The lowest BCUT2D eigenvalue weighted by molar-refractivity contribution is -0.213. The van der Waals surface area contributed by atoms with Crippen molar-refractivity contribution >= 4 is 5.97 Å². The molecule has 24 heavy (non-hydrogen) atoms. The van der Waals surface area contributed by atoms with E-state index < -0.39 is 34.6 Å². The molecule has 2 aliphatic carbocycles. The summed E-state index contributed by atoms with van der Waals surface area (Å²) in [7, 11) is 0. The third-order valence-electron chi connectivity index (χ3n) is 7.30. The Morgan fingerprint density at radius 1 is 1.33 bits per heavy atom. The molecule has 7 unspecified atom stereocenters. The molecule has 1 aliphatic heterocycles. The minimum Gasteiger partial charge on any atom is -0.458 e. The van der Waals surface area contributed by atoms with Gasteiger partial charge in [0.15, 0.2) is 0 Å². The summed E-state index contributed by atoms with van der Waals surface area (Å²) < 4.78 is 11.5. The number of allylic oxidation sites excluding steroid dienone is 1. The molecule has 0 aromatic heterocycles. The molecule has 2 N–H and O–H groups in total. The van der Waals surface area contributed by atoms with Crippen molar-refractivity contribution in [2.75, 3.05) is 0 Å². The van der Waals surface area contributed by atoms with E-state index in [1.807, 2.05) is 27.7 Å². The maximum atomic E-state index is 12.1. The van der Waals surface area contributed by atoms with E-state index in [1.165, 1.54) is 6.08 Å². The highest BCUT2D eigenvalue weighted by Gasteiger charge is 2.74. The van der Waals surface area contributed by atoms with Crippen molar-refractivity contribution in [3.63, 3.8) is 0 Å². The molecule has 3 fully saturated rings. The quantitative estimate of drug-likeness (QED) is 0.468. The summed E-state index contributed by atoms with van der Waals surface area (Å²) in [5, 5.41) is 22.6. The molecule has 3 rings (SSSR count). The van der Waals surface area contributed by atoms with E-state index in [9.17, 15) is 15.0 Å². The summed E-state index contributed by atoms with van der Waals surface area (Å²) in [4.78, 5) is 12.1. The fourth-order valence-corrected chi connectivity index (χ4v) is 5.37. The highest BCUT2D eigenvalue weighted by molar-refractivity contribution is 5.82. The van der Waals surface area contributed by atoms with Crippen LogP contribution in [-0.2, 0) is 14.3 Å². The van der Waals surface area contributed by atoms with Gasteiger partial charge in [0.2, 0.25) is 0 Å². The van der Waals surface area contributed by atoms with Crippen LogP contribution in [-0.4, -0.2) is 46.2 Å². The zero-order valence-corrected chi connectivity index (χ0v) is 15.3. The van der Waals surface area contributed by atoms with Gasteiger partial charge in [-0.15, -0.1) is 0 Å². The van der Waals surface area contributed by atoms with Crippen molar-refractivity contribution < 1.29 is 24.5 Å². The Labute approximate surface area is 144 Å². The van der Waals surface area contributed by atoms with Crippen LogP contribution in [0.3, 0.4) is 0 Å². The largest absolute Gasteiger partial charge is 0.458 e. The first-order valence-corrected chi connectivity index (χ1v) is 9.01. The van der Waals surface area contributed by atoms with Crippen LogP contribution in [0.4, 0.5) is 0 Å². The first-order chi connectivity index (χ1) is 11.1. The number of carbonyl (C=O) groups excluding carboxylic acids is 1. The Morgan fingerprint density at radius 3 is 2.58 bits per heavy atom. The van der Waals surface area contributed by atoms with Gasteiger partial charge in [0.25, 0.3) is 0 Å². The summed E-state index contributed by atoms with van der Waals surface area (Å²) in [5.74, 6) is -0.410. The number of aliphatic hydroxyl groups is 2. The molecule has 0 radical (unpaired) electrons. The standard InChI is InChI=1S/C19H30O5/c1-6-7-14(20)24-13-10-12-15(23-12)16(21)17(4)8-9-19(22,11(2)3)18(13,17)5/h6-7,11-13,15-16,21-22H,8-10H2,1-5H3/b7-6+. The minimum atomic E-state index is -1.000. The third kappa shape index (κ3) is 2.14. The summed E-state index contributed by atoms with van der Waals surface area (Å²) >= 11 is 0. The number of epoxide rings is 1. The monoisotopic (exact) mass is 338 g/mol. The lowest BCUT2D eigenvalue weighted by atomic mass is 9.55. The van der Waals surface area contributed by atoms with Crippen LogP contribution in [0.15, 0.2) is 12.2 Å². The average Bonchev–Trinajstić information content (AvgIpc) is 3.24. The number of rotatable bonds is 3. The van der Waals surface area contributed by atoms with Crippen molar-refractivity contribution in [1.29, 1.82) is 0 Å². The van der Waals surface area contributed by atoms with Gasteiger partial charge >= 0.3 is 5.97 Å². The predicted molar refractivity (Wildman–Crippen MR) is 89.2 cm³/mol. The van der Waals surface area contributed by atoms with Gasteiger partial charge in [0.05, 0.1) is 17.8 Å². The van der Waals surface area contributed by atoms with Crippen LogP contribution < -0.4 is 0 Å². The Bertz CT molecular complexity index is 558. The molecule has 7 atom stereocenters. The van der Waals surface area contributed by atoms with E-state index in [0.717, 1.165) is 0 Å². The second-order valence-corrected chi connectivity index (χ2v) is 8.44. The van der Waals surface area contributed by atoms with Crippen molar-refractivity contribution in [2.45, 2.75) is 83.9 Å². The van der Waals surface area contributed by atoms with Crippen LogP contribution in [0.25, 0.3) is 0 Å². The highest BCUT2D eigenvalue weighted by Crippen LogP contribution is 2.68. The van der Waals surface area contributed by atoms with Crippen LogP contribution in [0.1, 0.15) is 53.9 Å². The second-order valence-electron chi connectivity index (χ2n) is 8.44. The van der Waals surface area contributed by atoms with E-state index in [2.05, 4.69) is 0 Å². The summed E-state index contributed by atoms with van der Waals surface area (Å²) in [5.41, 5.74) is -2.30. The summed E-state index contributed by atoms with van der Waals surface area (Å²) in [6.45, 7) is 9.76. The molecular weight excluding hydrogens is 308 g/mol. The van der Waals surface area contributed by atoms with Crippen LogP contribution in [0, 0.1) is 16.7 Å². The molecule has 1 saturated heterocycles. The fourth-order valence-electron chi connectivity index (χ4n) is 5.37. The molecule has 3 aliphatic rings. The lowest BCUT2D eigenvalue weighted by Crippen LogP contribution is -2.62. The molecule has 0 spiro atoms. The molecule has 5 nitrogen and oxygen atoms in total. The summed E-state index contributed by atoms with van der Waals surface area (Å²) in [6.07, 6.45) is 3.37. The predicted octanol–water partition coefficient (Wildman–Crippen LogP) is 2.20. The minimum absolute atomic E-state index is 0.00482. The molecule has 136 valence electrons. The number of carbonyl (C=O) groups is 1. The van der Waals surface area contributed by atoms with Crippen molar-refractivity contribution in [1.82, 2.24) is 0 Å². The van der Waals surface area contributed by atoms with Gasteiger partial charge in [-0.25, -0.2) is 4.79 Å². The highest BCUT2D eigenvalue weighted by atomic mass is 16.6. The Hall–Kier alpha value is -0.910. The summed E-state index contributed by atoms with van der Waals surface area (Å²) in [6, 6.07) is 0. The number of hydrogen-bond donors (Lipinski definition) is 2. The number of fused-ring (bicyclic) bond motifs is 2. The zero-order valence-electron chi connectivity index (χ0n) is 15.3. The van der Waals surface area contributed by atoms with Gasteiger partial charge in [0, 0.05) is 23.3 Å². The maximum Gasteiger partial charge on any atom is 0.330 e. The number of ether oxygens (including phenoxy) is 2. The molecule has 0 aromatic carbocycles. The Balaban J connectivity index is 2.07. The number of aliphatic hydroxyl groups excluding tert-OH is 1. The lowest BCUT2D eigenvalue weighted by Gasteiger charge is -2.54.